The van der Waals surface area contributed by atoms with E-state index in [1.807, 2.05) is 16.3 Å². The number of aryl methyl sites for hydroxylation is 3. The summed E-state index contributed by atoms with van der Waals surface area (Å²) in [7, 11) is 1.98. The fraction of sp³-hybridized carbons (Fsp3) is 0.615. The summed E-state index contributed by atoms with van der Waals surface area (Å²) in [6.45, 7) is 10.00. The van der Waals surface area contributed by atoms with Crippen molar-refractivity contribution in [3.63, 3.8) is 0 Å². The van der Waals surface area contributed by atoms with E-state index in [0.717, 1.165) is 18.1 Å². The van der Waals surface area contributed by atoms with Crippen molar-refractivity contribution in [1.29, 1.82) is 0 Å². The van der Waals surface area contributed by atoms with Gasteiger partial charge in [-0.05, 0) is 27.7 Å². The summed E-state index contributed by atoms with van der Waals surface area (Å²) in [5, 5.41) is 16.0. The van der Waals surface area contributed by atoms with Crippen LogP contribution in [0.3, 0.4) is 0 Å². The van der Waals surface area contributed by atoms with Crippen molar-refractivity contribution >= 4 is 0 Å². The summed E-state index contributed by atoms with van der Waals surface area (Å²) >= 11 is 0. The smallest absolute Gasteiger partial charge is 0.146 e. The zero-order chi connectivity index (χ0) is 14.0. The molecule has 1 atom stereocenters. The molecule has 2 heterocycles. The largest absolute Gasteiger partial charge is 0.317 e. The lowest BCUT2D eigenvalue weighted by molar-refractivity contribution is 0.535. The van der Waals surface area contributed by atoms with Gasteiger partial charge >= 0.3 is 0 Å². The van der Waals surface area contributed by atoms with Crippen LogP contribution in [0.1, 0.15) is 42.7 Å². The summed E-state index contributed by atoms with van der Waals surface area (Å²) in [6, 6.07) is 0.246. The standard InChI is InChI=1S/C13H22N6/c1-6-19-8-15-16-12(19)7-14-9(2)13-10(3)17-18(5)11(13)4/h8-9,14H,6-7H2,1-5H3. The molecule has 0 bridgehead atoms. The maximum absolute atomic E-state index is 4.45. The lowest BCUT2D eigenvalue weighted by atomic mass is 10.1. The van der Waals surface area contributed by atoms with Gasteiger partial charge in [0.15, 0.2) is 0 Å². The molecule has 0 fully saturated rings. The number of nitrogens with one attached hydrogen (secondary N) is 1. The van der Waals surface area contributed by atoms with Crippen LogP contribution in [0.25, 0.3) is 0 Å². The number of nitrogens with zero attached hydrogens (tertiary/aromatic N) is 5. The van der Waals surface area contributed by atoms with E-state index in [0.29, 0.717) is 6.54 Å². The average Bonchev–Trinajstić information content (AvgIpc) is 2.92. The van der Waals surface area contributed by atoms with Crippen LogP contribution in [-0.2, 0) is 20.1 Å². The van der Waals surface area contributed by atoms with Crippen molar-refractivity contribution in [2.45, 2.75) is 46.8 Å². The maximum Gasteiger partial charge on any atom is 0.146 e. The molecule has 1 unspecified atom stereocenters. The van der Waals surface area contributed by atoms with Crippen molar-refractivity contribution in [2.24, 2.45) is 7.05 Å². The van der Waals surface area contributed by atoms with Crippen molar-refractivity contribution in [2.75, 3.05) is 0 Å². The van der Waals surface area contributed by atoms with Gasteiger partial charge in [0.25, 0.3) is 0 Å². The first-order valence-corrected chi connectivity index (χ1v) is 6.64. The predicted octanol–water partition coefficient (Wildman–Crippen LogP) is 1.50. The van der Waals surface area contributed by atoms with Gasteiger partial charge in [0, 0.05) is 30.9 Å². The van der Waals surface area contributed by atoms with Crippen molar-refractivity contribution in [3.05, 3.63) is 29.1 Å². The topological polar surface area (TPSA) is 60.6 Å². The van der Waals surface area contributed by atoms with E-state index in [9.17, 15) is 0 Å². The third kappa shape index (κ3) is 2.68. The predicted molar refractivity (Wildman–Crippen MR) is 73.6 cm³/mol. The highest BCUT2D eigenvalue weighted by Gasteiger charge is 2.16. The van der Waals surface area contributed by atoms with Gasteiger partial charge < -0.3 is 9.88 Å². The van der Waals surface area contributed by atoms with Crippen molar-refractivity contribution < 1.29 is 0 Å². The number of hydrogen-bond donors (Lipinski definition) is 1. The van der Waals surface area contributed by atoms with Gasteiger partial charge in [-0.1, -0.05) is 0 Å². The highest BCUT2D eigenvalue weighted by molar-refractivity contribution is 5.27. The lowest BCUT2D eigenvalue weighted by Crippen LogP contribution is -2.21. The van der Waals surface area contributed by atoms with Crippen LogP contribution in [0, 0.1) is 13.8 Å². The quantitative estimate of drug-likeness (QED) is 0.887. The Morgan fingerprint density at radius 3 is 2.68 bits per heavy atom. The van der Waals surface area contributed by atoms with E-state index in [1.165, 1.54) is 11.3 Å². The fourth-order valence-electron chi connectivity index (χ4n) is 2.44. The van der Waals surface area contributed by atoms with Crippen molar-refractivity contribution in [3.8, 4) is 0 Å². The molecular weight excluding hydrogens is 240 g/mol. The van der Waals surface area contributed by atoms with Gasteiger partial charge in [-0.2, -0.15) is 5.10 Å². The summed E-state index contributed by atoms with van der Waals surface area (Å²) in [4.78, 5) is 0. The minimum absolute atomic E-state index is 0.246. The normalized spacial score (nSPS) is 12.9. The monoisotopic (exact) mass is 262 g/mol. The zero-order valence-electron chi connectivity index (χ0n) is 12.3. The van der Waals surface area contributed by atoms with Gasteiger partial charge in [-0.3, -0.25) is 4.68 Å². The molecule has 0 aliphatic rings. The van der Waals surface area contributed by atoms with Crippen LogP contribution < -0.4 is 5.32 Å². The van der Waals surface area contributed by atoms with Crippen LogP contribution in [-0.4, -0.2) is 24.5 Å². The highest BCUT2D eigenvalue weighted by atomic mass is 15.3. The molecular formula is C13H22N6. The summed E-state index contributed by atoms with van der Waals surface area (Å²) in [6.07, 6.45) is 1.77. The second-order valence-corrected chi connectivity index (χ2v) is 4.84. The second-order valence-electron chi connectivity index (χ2n) is 4.84. The lowest BCUT2D eigenvalue weighted by Gasteiger charge is -2.14. The Morgan fingerprint density at radius 1 is 1.37 bits per heavy atom. The van der Waals surface area contributed by atoms with Gasteiger partial charge in [-0.25, -0.2) is 0 Å². The molecule has 0 aliphatic carbocycles. The van der Waals surface area contributed by atoms with E-state index in [2.05, 4.69) is 48.3 Å². The third-order valence-electron chi connectivity index (χ3n) is 3.60. The molecule has 0 spiro atoms. The van der Waals surface area contributed by atoms with Gasteiger partial charge in [-0.15, -0.1) is 10.2 Å². The minimum atomic E-state index is 0.246. The number of rotatable bonds is 5. The molecule has 19 heavy (non-hydrogen) atoms. The zero-order valence-corrected chi connectivity index (χ0v) is 12.3. The Kier molecular flexibility index (Phi) is 3.99. The van der Waals surface area contributed by atoms with Gasteiger partial charge in [0.05, 0.1) is 12.2 Å². The minimum Gasteiger partial charge on any atom is -0.317 e. The highest BCUT2D eigenvalue weighted by Crippen LogP contribution is 2.20. The molecule has 6 nitrogen and oxygen atoms in total. The molecule has 104 valence electrons. The molecule has 0 amide bonds. The Balaban J connectivity index is 2.07. The third-order valence-corrected chi connectivity index (χ3v) is 3.60. The van der Waals surface area contributed by atoms with E-state index in [-0.39, 0.29) is 6.04 Å². The van der Waals surface area contributed by atoms with Crippen LogP contribution in [0.5, 0.6) is 0 Å². The van der Waals surface area contributed by atoms with E-state index in [4.69, 9.17) is 0 Å². The Hall–Kier alpha value is -1.69. The molecule has 0 aliphatic heterocycles. The number of aromatic nitrogens is 5. The average molecular weight is 262 g/mol. The van der Waals surface area contributed by atoms with Crippen molar-refractivity contribution in [1.82, 2.24) is 29.9 Å². The van der Waals surface area contributed by atoms with Gasteiger partial charge in [0.1, 0.15) is 12.2 Å². The van der Waals surface area contributed by atoms with Crippen LogP contribution in [0.2, 0.25) is 0 Å². The van der Waals surface area contributed by atoms with Crippen LogP contribution >= 0.6 is 0 Å². The molecule has 0 saturated carbocycles. The van der Waals surface area contributed by atoms with E-state index < -0.39 is 0 Å². The molecule has 0 aromatic carbocycles. The van der Waals surface area contributed by atoms with Crippen LogP contribution in [0.4, 0.5) is 0 Å². The maximum atomic E-state index is 4.45. The Morgan fingerprint density at radius 2 is 2.11 bits per heavy atom. The second kappa shape index (κ2) is 5.52. The Bertz CT molecular complexity index is 553. The first-order chi connectivity index (χ1) is 9.04. The first-order valence-electron chi connectivity index (χ1n) is 6.64. The molecule has 2 aromatic heterocycles. The van der Waals surface area contributed by atoms with Crippen LogP contribution in [0.15, 0.2) is 6.33 Å². The number of hydrogen-bond acceptors (Lipinski definition) is 4. The molecule has 1 N–H and O–H groups in total. The molecule has 0 radical (unpaired) electrons. The molecule has 2 aromatic rings. The summed E-state index contributed by atoms with van der Waals surface area (Å²) in [5.41, 5.74) is 3.55. The molecule has 2 rings (SSSR count). The van der Waals surface area contributed by atoms with E-state index in [1.54, 1.807) is 6.33 Å². The molecule has 6 heteroatoms. The summed E-state index contributed by atoms with van der Waals surface area (Å²) in [5.74, 6) is 0.966. The summed E-state index contributed by atoms with van der Waals surface area (Å²) < 4.78 is 3.97. The SMILES string of the molecule is CCn1cnnc1CNC(C)c1c(C)nn(C)c1C. The Labute approximate surface area is 113 Å². The van der Waals surface area contributed by atoms with Gasteiger partial charge in [0.2, 0.25) is 0 Å². The first kappa shape index (κ1) is 13.7. The van der Waals surface area contributed by atoms with E-state index >= 15 is 0 Å². The fourth-order valence-corrected chi connectivity index (χ4v) is 2.44. The molecule has 0 saturated heterocycles.